The summed E-state index contributed by atoms with van der Waals surface area (Å²) in [7, 11) is 0. The molecule has 0 radical (unpaired) electrons. The first-order valence-corrected chi connectivity index (χ1v) is 6.01. The maximum absolute atomic E-state index is 4.28. The second kappa shape index (κ2) is 4.79. The predicted molar refractivity (Wildman–Crippen MR) is 61.6 cm³/mol. The van der Waals surface area contributed by atoms with E-state index < -0.39 is 0 Å². The highest BCUT2D eigenvalue weighted by Gasteiger charge is 2.20. The van der Waals surface area contributed by atoms with Crippen LogP contribution in [0.5, 0.6) is 0 Å². The van der Waals surface area contributed by atoms with Gasteiger partial charge in [-0.15, -0.1) is 0 Å². The zero-order valence-corrected chi connectivity index (χ0v) is 9.66. The Hall–Kier alpha value is -0.830. The lowest BCUT2D eigenvalue weighted by Crippen LogP contribution is -2.35. The molecule has 1 aromatic rings. The van der Waals surface area contributed by atoms with Gasteiger partial charge < -0.3 is 10.3 Å². The molecule has 0 spiro atoms. The fraction of sp³-hybridized carbons (Fsp3) is 0.750. The summed E-state index contributed by atoms with van der Waals surface area (Å²) in [6.45, 7) is 4.53. The fourth-order valence-corrected chi connectivity index (χ4v) is 2.53. The molecule has 0 aliphatic heterocycles. The first kappa shape index (κ1) is 10.7. The zero-order valence-electron chi connectivity index (χ0n) is 9.66. The molecule has 15 heavy (non-hydrogen) atoms. The minimum absolute atomic E-state index is 0.343. The molecule has 1 fully saturated rings. The summed E-state index contributed by atoms with van der Waals surface area (Å²) in [6.07, 6.45) is 9.09. The maximum atomic E-state index is 4.28. The van der Waals surface area contributed by atoms with E-state index in [-0.39, 0.29) is 0 Å². The lowest BCUT2D eigenvalue weighted by Gasteiger charge is -2.29. The normalized spacial score (nSPS) is 28.9. The lowest BCUT2D eigenvalue weighted by molar-refractivity contribution is 0.283. The Labute approximate surface area is 91.7 Å². The van der Waals surface area contributed by atoms with E-state index in [1.807, 2.05) is 12.4 Å². The summed E-state index contributed by atoms with van der Waals surface area (Å²) in [4.78, 5) is 7.45. The van der Waals surface area contributed by atoms with Crippen LogP contribution in [-0.4, -0.2) is 16.0 Å². The Kier molecular flexibility index (Phi) is 3.41. The van der Waals surface area contributed by atoms with Gasteiger partial charge in [-0.2, -0.15) is 0 Å². The molecular formula is C12H21N3. The van der Waals surface area contributed by atoms with Crippen LogP contribution in [0.2, 0.25) is 0 Å². The number of aromatic nitrogens is 2. The van der Waals surface area contributed by atoms with Crippen LogP contribution < -0.4 is 5.32 Å². The third-order valence-corrected chi connectivity index (χ3v) is 3.35. The minimum Gasteiger partial charge on any atom is -0.347 e. The number of rotatable bonds is 3. The van der Waals surface area contributed by atoms with E-state index in [4.69, 9.17) is 0 Å². The largest absolute Gasteiger partial charge is 0.347 e. The summed E-state index contributed by atoms with van der Waals surface area (Å²) in [6, 6.07) is 1.02. The Morgan fingerprint density at radius 2 is 2.40 bits per heavy atom. The minimum atomic E-state index is 0.343. The highest BCUT2D eigenvalue weighted by Crippen LogP contribution is 2.25. The number of hydrogen-bond donors (Lipinski definition) is 2. The summed E-state index contributed by atoms with van der Waals surface area (Å²) in [5.41, 5.74) is 0. The van der Waals surface area contributed by atoms with Crippen molar-refractivity contribution < 1.29 is 0 Å². The van der Waals surface area contributed by atoms with E-state index in [0.29, 0.717) is 12.1 Å². The van der Waals surface area contributed by atoms with Crippen molar-refractivity contribution >= 4 is 0 Å². The van der Waals surface area contributed by atoms with Gasteiger partial charge in [-0.05, 0) is 25.7 Å². The molecule has 1 aromatic heterocycles. The van der Waals surface area contributed by atoms with Crippen molar-refractivity contribution in [3.8, 4) is 0 Å². The topological polar surface area (TPSA) is 40.7 Å². The molecule has 1 saturated carbocycles. The first-order chi connectivity index (χ1) is 7.25. The smallest absolute Gasteiger partial charge is 0.122 e. The molecule has 1 aliphatic carbocycles. The monoisotopic (exact) mass is 207 g/mol. The number of nitrogens with zero attached hydrogens (tertiary/aromatic N) is 1. The van der Waals surface area contributed by atoms with Gasteiger partial charge in [0.15, 0.2) is 0 Å². The van der Waals surface area contributed by atoms with Crippen molar-refractivity contribution in [2.75, 3.05) is 0 Å². The summed E-state index contributed by atoms with van der Waals surface area (Å²) in [5.74, 6) is 1.92. The molecule has 0 amide bonds. The average Bonchev–Trinajstić information content (AvgIpc) is 2.70. The number of aromatic amines is 1. The highest BCUT2D eigenvalue weighted by molar-refractivity contribution is 4.95. The van der Waals surface area contributed by atoms with Crippen molar-refractivity contribution in [3.05, 3.63) is 18.2 Å². The fourth-order valence-electron chi connectivity index (χ4n) is 2.53. The van der Waals surface area contributed by atoms with Gasteiger partial charge in [-0.1, -0.05) is 19.8 Å². The lowest BCUT2D eigenvalue weighted by atomic mass is 9.87. The number of hydrogen-bond acceptors (Lipinski definition) is 2. The molecule has 1 aliphatic rings. The average molecular weight is 207 g/mol. The van der Waals surface area contributed by atoms with Gasteiger partial charge in [-0.25, -0.2) is 4.98 Å². The standard InChI is InChI=1S/C12H21N3/c1-9-4-3-5-11(8-9)15-10(2)12-13-6-7-14-12/h6-7,9-11,15H,3-5,8H2,1-2H3,(H,13,14). The Bertz CT molecular complexity index is 281. The van der Waals surface area contributed by atoms with Crippen LogP contribution in [0.4, 0.5) is 0 Å². The quantitative estimate of drug-likeness (QED) is 0.800. The van der Waals surface area contributed by atoms with Crippen LogP contribution in [0.3, 0.4) is 0 Å². The maximum Gasteiger partial charge on any atom is 0.122 e. The van der Waals surface area contributed by atoms with Crippen LogP contribution in [-0.2, 0) is 0 Å². The van der Waals surface area contributed by atoms with Crippen molar-refractivity contribution in [2.45, 2.75) is 51.6 Å². The van der Waals surface area contributed by atoms with E-state index in [1.54, 1.807) is 0 Å². The van der Waals surface area contributed by atoms with Gasteiger partial charge in [0.2, 0.25) is 0 Å². The van der Waals surface area contributed by atoms with Crippen molar-refractivity contribution in [1.82, 2.24) is 15.3 Å². The molecule has 2 rings (SSSR count). The molecule has 0 bridgehead atoms. The molecule has 3 nitrogen and oxygen atoms in total. The molecule has 3 heteroatoms. The van der Waals surface area contributed by atoms with Gasteiger partial charge in [0.05, 0.1) is 6.04 Å². The van der Waals surface area contributed by atoms with Gasteiger partial charge in [0.25, 0.3) is 0 Å². The van der Waals surface area contributed by atoms with E-state index in [0.717, 1.165) is 11.7 Å². The van der Waals surface area contributed by atoms with Crippen molar-refractivity contribution in [3.63, 3.8) is 0 Å². The first-order valence-electron chi connectivity index (χ1n) is 6.01. The second-order valence-corrected chi connectivity index (χ2v) is 4.83. The molecule has 84 valence electrons. The van der Waals surface area contributed by atoms with Gasteiger partial charge in [0, 0.05) is 18.4 Å². The molecule has 3 unspecified atom stereocenters. The second-order valence-electron chi connectivity index (χ2n) is 4.83. The number of imidazole rings is 1. The molecule has 2 N–H and O–H groups in total. The predicted octanol–water partition coefficient (Wildman–Crippen LogP) is 2.64. The van der Waals surface area contributed by atoms with Crippen molar-refractivity contribution in [1.29, 1.82) is 0 Å². The Morgan fingerprint density at radius 3 is 3.07 bits per heavy atom. The van der Waals surface area contributed by atoms with Gasteiger partial charge in [-0.3, -0.25) is 0 Å². The van der Waals surface area contributed by atoms with Crippen LogP contribution in [0.15, 0.2) is 12.4 Å². The zero-order chi connectivity index (χ0) is 10.7. The molecular weight excluding hydrogens is 186 g/mol. The SMILES string of the molecule is CC1CCCC(NC(C)c2ncc[nH]2)C1. The Balaban J connectivity index is 1.86. The Morgan fingerprint density at radius 1 is 1.53 bits per heavy atom. The van der Waals surface area contributed by atoms with Crippen LogP contribution in [0, 0.1) is 5.92 Å². The molecule has 3 atom stereocenters. The van der Waals surface area contributed by atoms with E-state index >= 15 is 0 Å². The van der Waals surface area contributed by atoms with Crippen molar-refractivity contribution in [2.24, 2.45) is 5.92 Å². The van der Waals surface area contributed by atoms with Gasteiger partial charge >= 0.3 is 0 Å². The van der Waals surface area contributed by atoms with Gasteiger partial charge in [0.1, 0.15) is 5.82 Å². The summed E-state index contributed by atoms with van der Waals surface area (Å²) < 4.78 is 0. The van der Waals surface area contributed by atoms with E-state index in [2.05, 4.69) is 29.1 Å². The van der Waals surface area contributed by atoms with Crippen LogP contribution in [0.25, 0.3) is 0 Å². The molecule has 1 heterocycles. The third kappa shape index (κ3) is 2.81. The highest BCUT2D eigenvalue weighted by atomic mass is 15.0. The summed E-state index contributed by atoms with van der Waals surface area (Å²) >= 11 is 0. The van der Waals surface area contributed by atoms with E-state index in [1.165, 1.54) is 25.7 Å². The third-order valence-electron chi connectivity index (χ3n) is 3.35. The summed E-state index contributed by atoms with van der Waals surface area (Å²) in [5, 5.41) is 3.66. The molecule has 0 saturated heterocycles. The number of nitrogens with one attached hydrogen (secondary N) is 2. The van der Waals surface area contributed by atoms with Crippen LogP contribution >= 0.6 is 0 Å². The molecule has 0 aromatic carbocycles. The van der Waals surface area contributed by atoms with Crippen LogP contribution in [0.1, 0.15) is 51.4 Å². The number of H-pyrrole nitrogens is 1. The van der Waals surface area contributed by atoms with E-state index in [9.17, 15) is 0 Å².